The summed E-state index contributed by atoms with van der Waals surface area (Å²) in [4.78, 5) is 31.0. The highest BCUT2D eigenvalue weighted by Gasteiger charge is 2.53. The van der Waals surface area contributed by atoms with Gasteiger partial charge in [0, 0.05) is 10.1 Å². The molecule has 1 saturated heterocycles. The van der Waals surface area contributed by atoms with Gasteiger partial charge in [0.2, 0.25) is 5.91 Å². The second-order valence-corrected chi connectivity index (χ2v) is 9.26. The number of carboxylic acids is 1. The Labute approximate surface area is 182 Å². The third-order valence-electron chi connectivity index (χ3n) is 5.23. The van der Waals surface area contributed by atoms with Gasteiger partial charge in [0.15, 0.2) is 0 Å². The lowest BCUT2D eigenvalue weighted by molar-refractivity contribution is -0.148. The van der Waals surface area contributed by atoms with E-state index in [2.05, 4.69) is 4.98 Å². The number of nitrogens with zero attached hydrogens (tertiary/aromatic N) is 2. The number of benzene rings is 1. The molecule has 0 aliphatic carbocycles. The smallest absolute Gasteiger partial charge is 0.352 e. The first-order valence-electron chi connectivity index (χ1n) is 9.33. The van der Waals surface area contributed by atoms with E-state index in [1.54, 1.807) is 18.7 Å². The number of thioether (sulfide) groups is 1. The molecule has 2 aliphatic rings. The van der Waals surface area contributed by atoms with Gasteiger partial charge in [-0.05, 0) is 42.7 Å². The van der Waals surface area contributed by atoms with Crippen LogP contribution in [0.1, 0.15) is 16.1 Å². The number of carboxylic acid groups (broad SMARTS) is 1. The van der Waals surface area contributed by atoms with Crippen molar-refractivity contribution in [1.82, 2.24) is 9.88 Å². The van der Waals surface area contributed by atoms with Crippen molar-refractivity contribution in [2.45, 2.75) is 30.0 Å². The van der Waals surface area contributed by atoms with Crippen LogP contribution in [0.3, 0.4) is 0 Å². The van der Waals surface area contributed by atoms with Gasteiger partial charge in [0.25, 0.3) is 0 Å². The Hall–Kier alpha value is -2.62. The summed E-state index contributed by atoms with van der Waals surface area (Å²) in [6, 6.07) is 7.01. The number of carbonyl (C=O) groups excluding carboxylic acids is 1. The van der Waals surface area contributed by atoms with Crippen LogP contribution in [0.5, 0.6) is 5.75 Å². The first kappa shape index (κ1) is 20.6. The minimum absolute atomic E-state index is 0.0161. The molecule has 0 radical (unpaired) electrons. The van der Waals surface area contributed by atoms with Crippen molar-refractivity contribution >= 4 is 41.1 Å². The van der Waals surface area contributed by atoms with Gasteiger partial charge in [-0.1, -0.05) is 18.2 Å². The number of β-lactam (4-membered cyclic amide) rings is 1. The fourth-order valence-electron chi connectivity index (χ4n) is 3.59. The molecular weight excluding hydrogens is 422 g/mol. The van der Waals surface area contributed by atoms with Gasteiger partial charge in [-0.25, -0.2) is 9.78 Å². The number of aliphatic carboxylic acids is 1. The maximum atomic E-state index is 12.3. The first-order valence-corrected chi connectivity index (χ1v) is 11.2. The summed E-state index contributed by atoms with van der Waals surface area (Å²) < 4.78 is 5.22. The predicted octanol–water partition coefficient (Wildman–Crippen LogP) is 2.67. The molecular formula is C21H21N3O4S2. The summed E-state index contributed by atoms with van der Waals surface area (Å²) >= 11 is 3.02. The number of hydrogen-bond donors (Lipinski definition) is 2. The van der Waals surface area contributed by atoms with Crippen molar-refractivity contribution in [1.29, 1.82) is 0 Å². The van der Waals surface area contributed by atoms with E-state index in [-0.39, 0.29) is 22.2 Å². The summed E-state index contributed by atoms with van der Waals surface area (Å²) in [5.41, 5.74) is 10.3. The average molecular weight is 444 g/mol. The van der Waals surface area contributed by atoms with E-state index in [1.165, 1.54) is 28.0 Å². The zero-order valence-electron chi connectivity index (χ0n) is 16.4. The van der Waals surface area contributed by atoms with E-state index in [9.17, 15) is 14.7 Å². The van der Waals surface area contributed by atoms with Crippen LogP contribution in [0.4, 0.5) is 0 Å². The SMILES string of the molecule is COc1ccc(CC2S[C@@H]3C(N)C(=O)N3C(C(=O)O)=C2C=Cc2scnc2C)cc1. The van der Waals surface area contributed by atoms with Gasteiger partial charge in [-0.2, -0.15) is 0 Å². The largest absolute Gasteiger partial charge is 0.497 e. The molecule has 7 nitrogen and oxygen atoms in total. The molecule has 1 aromatic carbocycles. The number of ether oxygens (including phenoxy) is 1. The van der Waals surface area contributed by atoms with Crippen molar-refractivity contribution in [3.05, 3.63) is 63.3 Å². The van der Waals surface area contributed by atoms with E-state index in [0.29, 0.717) is 12.0 Å². The minimum Gasteiger partial charge on any atom is -0.497 e. The number of amides is 1. The fourth-order valence-corrected chi connectivity index (χ4v) is 5.86. The molecule has 0 spiro atoms. The topological polar surface area (TPSA) is 106 Å². The van der Waals surface area contributed by atoms with Crippen LogP contribution in [0.15, 0.2) is 47.1 Å². The quantitative estimate of drug-likeness (QED) is 0.661. The lowest BCUT2D eigenvalue weighted by Crippen LogP contribution is -2.69. The normalized spacial score (nSPS) is 23.5. The Kier molecular flexibility index (Phi) is 5.68. The Balaban J connectivity index is 1.74. The summed E-state index contributed by atoms with van der Waals surface area (Å²) in [6.07, 6.45) is 4.29. The molecule has 3 heterocycles. The molecule has 4 rings (SSSR count). The van der Waals surface area contributed by atoms with Gasteiger partial charge in [0.05, 0.1) is 18.3 Å². The number of thiazole rings is 1. The zero-order chi connectivity index (χ0) is 21.4. The molecule has 1 amide bonds. The molecule has 3 N–H and O–H groups in total. The highest BCUT2D eigenvalue weighted by atomic mass is 32.2. The van der Waals surface area contributed by atoms with Gasteiger partial charge in [-0.3, -0.25) is 9.69 Å². The molecule has 0 bridgehead atoms. The predicted molar refractivity (Wildman–Crippen MR) is 117 cm³/mol. The minimum atomic E-state index is -1.12. The molecule has 3 atom stereocenters. The van der Waals surface area contributed by atoms with Crippen molar-refractivity contribution in [3.63, 3.8) is 0 Å². The van der Waals surface area contributed by atoms with Crippen molar-refractivity contribution in [3.8, 4) is 5.75 Å². The van der Waals surface area contributed by atoms with Gasteiger partial charge >= 0.3 is 5.97 Å². The Morgan fingerprint density at radius 2 is 2.07 bits per heavy atom. The van der Waals surface area contributed by atoms with Gasteiger partial charge in [0.1, 0.15) is 22.9 Å². The van der Waals surface area contributed by atoms with Crippen LogP contribution in [-0.4, -0.2) is 50.6 Å². The monoisotopic (exact) mass is 443 g/mol. The van der Waals surface area contributed by atoms with E-state index < -0.39 is 12.0 Å². The number of fused-ring (bicyclic) bond motifs is 1. The molecule has 2 aromatic rings. The number of aromatic nitrogens is 1. The van der Waals surface area contributed by atoms with E-state index in [4.69, 9.17) is 10.5 Å². The molecule has 2 aliphatic heterocycles. The van der Waals surface area contributed by atoms with E-state index in [1.807, 2.05) is 37.3 Å². The second-order valence-electron chi connectivity index (χ2n) is 7.05. The maximum absolute atomic E-state index is 12.3. The number of allylic oxidation sites excluding steroid dienone is 1. The number of methoxy groups -OCH3 is 1. The molecule has 9 heteroatoms. The maximum Gasteiger partial charge on any atom is 0.352 e. The van der Waals surface area contributed by atoms with Crippen LogP contribution in [-0.2, 0) is 16.0 Å². The van der Waals surface area contributed by atoms with E-state index in [0.717, 1.165) is 21.9 Å². The second kappa shape index (κ2) is 8.25. The number of rotatable bonds is 6. The van der Waals surface area contributed by atoms with Crippen molar-refractivity contribution in [2.75, 3.05) is 7.11 Å². The van der Waals surface area contributed by atoms with Crippen molar-refractivity contribution in [2.24, 2.45) is 5.73 Å². The van der Waals surface area contributed by atoms with E-state index >= 15 is 0 Å². The van der Waals surface area contributed by atoms with Crippen LogP contribution in [0, 0.1) is 6.92 Å². The lowest BCUT2D eigenvalue weighted by atomic mass is 9.97. The first-order chi connectivity index (χ1) is 14.4. The van der Waals surface area contributed by atoms with Gasteiger partial charge < -0.3 is 15.6 Å². The molecule has 30 heavy (non-hydrogen) atoms. The number of nitrogens with two attached hydrogens (primary N) is 1. The molecule has 1 aromatic heterocycles. The summed E-state index contributed by atoms with van der Waals surface area (Å²) in [6.45, 7) is 1.90. The third-order valence-corrected chi connectivity index (χ3v) is 7.66. The lowest BCUT2D eigenvalue weighted by Gasteiger charge is -2.50. The number of aryl methyl sites for hydroxylation is 1. The van der Waals surface area contributed by atoms with Crippen LogP contribution in [0.2, 0.25) is 0 Å². The summed E-state index contributed by atoms with van der Waals surface area (Å²) in [5, 5.41) is 9.41. The van der Waals surface area contributed by atoms with Gasteiger partial charge in [-0.15, -0.1) is 23.1 Å². The summed E-state index contributed by atoms with van der Waals surface area (Å²) in [5.74, 6) is -0.719. The molecule has 2 unspecified atom stereocenters. The number of hydrogen-bond acceptors (Lipinski definition) is 7. The van der Waals surface area contributed by atoms with Crippen molar-refractivity contribution < 1.29 is 19.4 Å². The highest BCUT2D eigenvalue weighted by Crippen LogP contribution is 2.45. The highest BCUT2D eigenvalue weighted by molar-refractivity contribution is 8.00. The average Bonchev–Trinajstić information content (AvgIpc) is 3.16. The standard InChI is InChI=1S/C21H21N3O4S2/c1-11-15(29-10-23-11)8-7-14-16(9-12-3-5-13(28-2)6-4-12)30-20-17(22)19(25)24(20)18(14)21(26)27/h3-8,10,16-17,20H,9,22H2,1-2H3,(H,26,27)/t16?,17?,20-/m1/s1. The third kappa shape index (κ3) is 3.64. The fraction of sp³-hybridized carbons (Fsp3) is 0.286. The Morgan fingerprint density at radius 1 is 1.33 bits per heavy atom. The molecule has 0 saturated carbocycles. The summed E-state index contributed by atoms with van der Waals surface area (Å²) in [7, 11) is 1.61. The molecule has 156 valence electrons. The zero-order valence-corrected chi connectivity index (χ0v) is 18.1. The Bertz CT molecular complexity index is 1040. The Morgan fingerprint density at radius 3 is 2.67 bits per heavy atom. The van der Waals surface area contributed by atoms with Crippen LogP contribution in [0.25, 0.3) is 6.08 Å². The van der Waals surface area contributed by atoms with Crippen LogP contribution >= 0.6 is 23.1 Å². The van der Waals surface area contributed by atoms with Crippen LogP contribution < -0.4 is 10.5 Å². The molecule has 1 fully saturated rings. The number of carbonyl (C=O) groups is 2.